The van der Waals surface area contributed by atoms with E-state index in [0.29, 0.717) is 0 Å². The molecule has 4 N–H and O–H groups in total. The van der Waals surface area contributed by atoms with Crippen LogP contribution in [0.5, 0.6) is 0 Å². The molecule has 1 atom stereocenters. The van der Waals surface area contributed by atoms with Gasteiger partial charge < -0.3 is 21.3 Å². The van der Waals surface area contributed by atoms with Gasteiger partial charge in [-0.15, -0.1) is 0 Å². The van der Waals surface area contributed by atoms with E-state index in [4.69, 9.17) is 10.8 Å². The molecule has 0 fully saturated rings. The van der Waals surface area contributed by atoms with Crippen molar-refractivity contribution < 1.29 is 28.2 Å². The zero-order chi connectivity index (χ0) is 14.3. The molecule has 1 amide bonds. The Morgan fingerprint density at radius 1 is 1.50 bits per heavy atom. The van der Waals surface area contributed by atoms with Crippen LogP contribution in [0.3, 0.4) is 0 Å². The fourth-order valence-electron chi connectivity index (χ4n) is 0.933. The molecule has 0 aromatic carbocycles. The Morgan fingerprint density at radius 2 is 2.06 bits per heavy atom. The Kier molecular flexibility index (Phi) is 6.27. The van der Waals surface area contributed by atoms with Crippen LogP contribution < -0.4 is 16.2 Å². The standard InChI is InChI=1S/C8H15N3O6S/c1-18(16,17)5(8(14)15)2-6(12)10-4-11-7(13)3-9/h5H,2-4,9H2,1H3,(H,10,12)(H,11,13)(H,14,15)/p-1. The number of amides is 1. The van der Waals surface area contributed by atoms with Crippen molar-refractivity contribution in [2.24, 2.45) is 10.7 Å². The van der Waals surface area contributed by atoms with Gasteiger partial charge in [0, 0.05) is 12.7 Å². The molecule has 9 nitrogen and oxygen atoms in total. The highest BCUT2D eigenvalue weighted by Crippen LogP contribution is 2.04. The normalized spacial score (nSPS) is 14.0. The highest BCUT2D eigenvalue weighted by atomic mass is 32.2. The lowest BCUT2D eigenvalue weighted by molar-refractivity contribution is -0.219. The summed E-state index contributed by atoms with van der Waals surface area (Å²) in [5.41, 5.74) is 4.97. The summed E-state index contributed by atoms with van der Waals surface area (Å²) in [5, 5.41) is 20.2. The second-order valence-electron chi connectivity index (χ2n) is 3.37. The molecule has 0 saturated carbocycles. The largest absolute Gasteiger partial charge is 0.862 e. The number of hydrogen-bond donors (Lipinski definition) is 3. The minimum absolute atomic E-state index is 0.273. The summed E-state index contributed by atoms with van der Waals surface area (Å²) in [5.74, 6) is -3.08. The lowest BCUT2D eigenvalue weighted by atomic mass is 10.3. The number of nitrogens with two attached hydrogens (primary N) is 1. The van der Waals surface area contributed by atoms with Crippen LogP contribution in [0.1, 0.15) is 6.42 Å². The van der Waals surface area contributed by atoms with Gasteiger partial charge in [0.25, 0.3) is 0 Å². The van der Waals surface area contributed by atoms with E-state index in [9.17, 15) is 23.1 Å². The third-order valence-electron chi connectivity index (χ3n) is 1.87. The van der Waals surface area contributed by atoms with Gasteiger partial charge in [0.15, 0.2) is 15.1 Å². The number of carboxylic acids is 1. The minimum Gasteiger partial charge on any atom is -0.862 e. The van der Waals surface area contributed by atoms with Crippen molar-refractivity contribution in [1.29, 1.82) is 0 Å². The Balaban J connectivity index is 4.53. The Hall–Kier alpha value is -1.68. The van der Waals surface area contributed by atoms with Gasteiger partial charge in [-0.3, -0.25) is 14.6 Å². The summed E-state index contributed by atoms with van der Waals surface area (Å²) in [6, 6.07) is 0. The summed E-state index contributed by atoms with van der Waals surface area (Å²) in [6.45, 7) is -0.643. The molecular weight excluding hydrogens is 266 g/mol. The first-order chi connectivity index (χ1) is 8.18. The Labute approximate surface area is 104 Å². The number of aliphatic carboxylic acids is 1. The van der Waals surface area contributed by atoms with Gasteiger partial charge in [-0.1, -0.05) is 0 Å². The van der Waals surface area contributed by atoms with Crippen LogP contribution in [0.15, 0.2) is 4.99 Å². The number of aliphatic imine (C=N–C) groups is 1. The van der Waals surface area contributed by atoms with Crippen LogP contribution >= 0.6 is 0 Å². The topological polar surface area (TPSA) is 162 Å². The number of sulfone groups is 1. The van der Waals surface area contributed by atoms with Crippen LogP contribution in [0.2, 0.25) is 0 Å². The number of carboxylic acid groups (broad SMARTS) is 1. The van der Waals surface area contributed by atoms with E-state index < -0.39 is 39.3 Å². The van der Waals surface area contributed by atoms with Crippen molar-refractivity contribution in [3.8, 4) is 0 Å². The van der Waals surface area contributed by atoms with Crippen LogP contribution in [0.25, 0.3) is 0 Å². The Morgan fingerprint density at radius 3 is 2.44 bits per heavy atom. The predicted octanol–water partition coefficient (Wildman–Crippen LogP) is -3.33. The highest BCUT2D eigenvalue weighted by Gasteiger charge is 2.28. The first-order valence-electron chi connectivity index (χ1n) is 4.77. The van der Waals surface area contributed by atoms with Crippen LogP contribution in [0.4, 0.5) is 0 Å². The second-order valence-corrected chi connectivity index (χ2v) is 5.60. The van der Waals surface area contributed by atoms with Crippen LogP contribution in [0, 0.1) is 0 Å². The predicted molar refractivity (Wildman–Crippen MR) is 60.4 cm³/mol. The van der Waals surface area contributed by atoms with E-state index in [-0.39, 0.29) is 13.2 Å². The van der Waals surface area contributed by atoms with Crippen molar-refractivity contribution >= 4 is 27.6 Å². The van der Waals surface area contributed by atoms with Gasteiger partial charge in [-0.05, 0) is 5.90 Å². The molecule has 0 rings (SSSR count). The van der Waals surface area contributed by atoms with E-state index >= 15 is 0 Å². The molecule has 0 aromatic heterocycles. The number of carbonyl (C=O) groups is 2. The second kappa shape index (κ2) is 6.91. The maximum Gasteiger partial charge on any atom is 0.322 e. The van der Waals surface area contributed by atoms with Crippen molar-refractivity contribution in [1.82, 2.24) is 5.32 Å². The summed E-state index contributed by atoms with van der Waals surface area (Å²) >= 11 is 0. The number of rotatable bonds is 7. The number of nitrogens with one attached hydrogen (secondary N) is 1. The lowest BCUT2D eigenvalue weighted by Crippen LogP contribution is -2.36. The molecule has 0 aliphatic carbocycles. The van der Waals surface area contributed by atoms with Gasteiger partial charge >= 0.3 is 5.97 Å². The summed E-state index contributed by atoms with van der Waals surface area (Å²) in [4.78, 5) is 24.6. The summed E-state index contributed by atoms with van der Waals surface area (Å²) < 4.78 is 22.2. The van der Waals surface area contributed by atoms with Crippen molar-refractivity contribution in [3.63, 3.8) is 0 Å². The number of nitrogens with zero attached hydrogens (tertiary/aromatic N) is 1. The Bertz CT molecular complexity index is 444. The van der Waals surface area contributed by atoms with Gasteiger partial charge in [0.05, 0.1) is 6.54 Å². The average molecular weight is 280 g/mol. The molecule has 0 spiro atoms. The molecule has 0 aromatic rings. The van der Waals surface area contributed by atoms with E-state index in [2.05, 4.69) is 10.3 Å². The zero-order valence-electron chi connectivity index (χ0n) is 9.62. The van der Waals surface area contributed by atoms with E-state index in [1.165, 1.54) is 0 Å². The monoisotopic (exact) mass is 280 g/mol. The maximum absolute atomic E-state index is 11.2. The fraction of sp³-hybridized carbons (Fsp3) is 0.625. The third-order valence-corrected chi connectivity index (χ3v) is 3.27. The molecule has 0 aliphatic heterocycles. The average Bonchev–Trinajstić information content (AvgIpc) is 2.23. The zero-order valence-corrected chi connectivity index (χ0v) is 10.4. The van der Waals surface area contributed by atoms with Gasteiger partial charge in [0.2, 0.25) is 5.91 Å². The van der Waals surface area contributed by atoms with Crippen molar-refractivity contribution in [2.75, 3.05) is 19.5 Å². The van der Waals surface area contributed by atoms with Gasteiger partial charge in [-0.25, -0.2) is 8.42 Å². The minimum atomic E-state index is -3.89. The SMILES string of the molecule is CS(=O)(=O)C(CC([O-])=NCNC(=O)CN)C(=O)O. The van der Waals surface area contributed by atoms with Gasteiger partial charge in [0.1, 0.15) is 6.67 Å². The molecule has 18 heavy (non-hydrogen) atoms. The molecule has 104 valence electrons. The lowest BCUT2D eigenvalue weighted by Gasteiger charge is -2.15. The first kappa shape index (κ1) is 16.3. The number of carbonyl (C=O) groups excluding carboxylic acids is 1. The van der Waals surface area contributed by atoms with Crippen molar-refractivity contribution in [3.05, 3.63) is 0 Å². The molecule has 0 bridgehead atoms. The van der Waals surface area contributed by atoms with E-state index in [0.717, 1.165) is 6.26 Å². The third kappa shape index (κ3) is 6.15. The van der Waals surface area contributed by atoms with Gasteiger partial charge in [-0.2, -0.15) is 0 Å². The van der Waals surface area contributed by atoms with E-state index in [1.807, 2.05) is 0 Å². The molecule has 10 heteroatoms. The highest BCUT2D eigenvalue weighted by molar-refractivity contribution is 7.92. The molecule has 0 radical (unpaired) electrons. The first-order valence-corrected chi connectivity index (χ1v) is 6.72. The smallest absolute Gasteiger partial charge is 0.322 e. The maximum atomic E-state index is 11.2. The molecule has 1 unspecified atom stereocenters. The summed E-state index contributed by atoms with van der Waals surface area (Å²) in [6.07, 6.45) is -0.0536. The summed E-state index contributed by atoms with van der Waals surface area (Å²) in [7, 11) is -3.89. The molecule has 0 aliphatic rings. The van der Waals surface area contributed by atoms with Crippen LogP contribution in [-0.4, -0.2) is 56.0 Å². The molecule has 0 heterocycles. The quantitative estimate of drug-likeness (QED) is 0.324. The van der Waals surface area contributed by atoms with Crippen molar-refractivity contribution in [2.45, 2.75) is 11.7 Å². The van der Waals surface area contributed by atoms with Crippen LogP contribution in [-0.2, 0) is 19.4 Å². The number of hydrogen-bond acceptors (Lipinski definition) is 7. The van der Waals surface area contributed by atoms with E-state index in [1.54, 1.807) is 0 Å². The molecular formula is C8H14N3O6S-. The fourth-order valence-corrected chi connectivity index (χ4v) is 1.74. The molecule has 0 saturated heterocycles.